The third-order valence-electron chi connectivity index (χ3n) is 2.37. The fraction of sp³-hybridized carbons (Fsp3) is 0.857. The van der Waals surface area contributed by atoms with Crippen LogP contribution in [-0.2, 0) is 9.53 Å². The normalized spacial score (nSPS) is 34.6. The lowest BCUT2D eigenvalue weighted by Crippen LogP contribution is -2.13. The van der Waals surface area contributed by atoms with E-state index in [9.17, 15) is 4.79 Å². The fourth-order valence-corrected chi connectivity index (χ4v) is 1.49. The molecule has 1 spiro atoms. The minimum absolute atomic E-state index is 0.0169. The second kappa shape index (κ2) is 1.72. The zero-order valence-corrected chi connectivity index (χ0v) is 5.67. The smallest absolute Gasteiger partial charge is 0.308 e. The molecule has 0 bridgehead atoms. The lowest BCUT2D eigenvalue weighted by atomic mass is 10.1. The summed E-state index contributed by atoms with van der Waals surface area (Å²) in [4.78, 5) is 10.4. The summed E-state index contributed by atoms with van der Waals surface area (Å²) in [6.07, 6.45) is 2.87. The number of aliphatic carboxylic acids is 1. The van der Waals surface area contributed by atoms with Crippen molar-refractivity contribution in [2.75, 3.05) is 6.61 Å². The van der Waals surface area contributed by atoms with Gasteiger partial charge in [-0.05, 0) is 19.3 Å². The molecule has 0 amide bonds. The van der Waals surface area contributed by atoms with Gasteiger partial charge in [-0.3, -0.25) is 4.79 Å². The standard InChI is InChI=1S/C7H10O3/c8-6(9)5-3-7(1-2-7)10-4-5/h5H,1-4H2,(H,8,9). The quantitative estimate of drug-likeness (QED) is 0.584. The first-order chi connectivity index (χ1) is 4.72. The van der Waals surface area contributed by atoms with Gasteiger partial charge in [0, 0.05) is 0 Å². The van der Waals surface area contributed by atoms with Gasteiger partial charge in [0.25, 0.3) is 0 Å². The SMILES string of the molecule is O=C(O)C1COC2(CC2)C1. The van der Waals surface area contributed by atoms with Crippen molar-refractivity contribution in [1.82, 2.24) is 0 Å². The van der Waals surface area contributed by atoms with Gasteiger partial charge in [0.1, 0.15) is 0 Å². The maximum atomic E-state index is 10.4. The molecule has 56 valence electrons. The van der Waals surface area contributed by atoms with Crippen molar-refractivity contribution < 1.29 is 14.6 Å². The van der Waals surface area contributed by atoms with E-state index in [0.29, 0.717) is 6.61 Å². The van der Waals surface area contributed by atoms with Crippen molar-refractivity contribution in [3.8, 4) is 0 Å². The van der Waals surface area contributed by atoms with Gasteiger partial charge in [0.2, 0.25) is 0 Å². The Morgan fingerprint density at radius 3 is 2.60 bits per heavy atom. The van der Waals surface area contributed by atoms with E-state index in [1.807, 2.05) is 0 Å². The van der Waals surface area contributed by atoms with Gasteiger partial charge in [0.05, 0.1) is 18.1 Å². The molecule has 1 unspecified atom stereocenters. The third kappa shape index (κ3) is 0.814. The van der Waals surface area contributed by atoms with E-state index in [4.69, 9.17) is 9.84 Å². The highest BCUT2D eigenvalue weighted by Crippen LogP contribution is 2.49. The van der Waals surface area contributed by atoms with Crippen molar-refractivity contribution in [3.05, 3.63) is 0 Å². The molecule has 2 aliphatic rings. The van der Waals surface area contributed by atoms with Gasteiger partial charge < -0.3 is 9.84 Å². The number of carbonyl (C=O) groups is 1. The van der Waals surface area contributed by atoms with Crippen LogP contribution in [0, 0.1) is 5.92 Å². The summed E-state index contributed by atoms with van der Waals surface area (Å²) in [5, 5.41) is 8.59. The van der Waals surface area contributed by atoms with E-state index in [1.165, 1.54) is 0 Å². The van der Waals surface area contributed by atoms with E-state index in [-0.39, 0.29) is 11.5 Å². The average Bonchev–Trinajstić information content (AvgIpc) is 2.41. The van der Waals surface area contributed by atoms with Crippen LogP contribution in [0.2, 0.25) is 0 Å². The van der Waals surface area contributed by atoms with E-state index in [0.717, 1.165) is 19.3 Å². The Labute approximate surface area is 59.0 Å². The molecule has 1 N–H and O–H groups in total. The third-order valence-corrected chi connectivity index (χ3v) is 2.37. The summed E-state index contributed by atoms with van der Waals surface area (Å²) in [6, 6.07) is 0. The van der Waals surface area contributed by atoms with Gasteiger partial charge in [0.15, 0.2) is 0 Å². The summed E-state index contributed by atoms with van der Waals surface area (Å²) >= 11 is 0. The van der Waals surface area contributed by atoms with Crippen LogP contribution in [0.1, 0.15) is 19.3 Å². The van der Waals surface area contributed by atoms with Crippen LogP contribution in [0.5, 0.6) is 0 Å². The second-order valence-electron chi connectivity index (χ2n) is 3.23. The van der Waals surface area contributed by atoms with Crippen LogP contribution in [-0.4, -0.2) is 23.3 Å². The van der Waals surface area contributed by atoms with E-state index >= 15 is 0 Å². The van der Waals surface area contributed by atoms with Crippen molar-refractivity contribution in [2.24, 2.45) is 5.92 Å². The van der Waals surface area contributed by atoms with Crippen molar-refractivity contribution in [2.45, 2.75) is 24.9 Å². The number of hydrogen-bond donors (Lipinski definition) is 1. The Bertz CT molecular complexity index is 172. The molecule has 1 heterocycles. The molecule has 3 nitrogen and oxygen atoms in total. The highest BCUT2D eigenvalue weighted by molar-refractivity contribution is 5.70. The van der Waals surface area contributed by atoms with Gasteiger partial charge in [-0.1, -0.05) is 0 Å². The van der Waals surface area contributed by atoms with Gasteiger partial charge >= 0.3 is 5.97 Å². The molecule has 2 fully saturated rings. The topological polar surface area (TPSA) is 46.5 Å². The number of ether oxygens (including phenoxy) is 1. The van der Waals surface area contributed by atoms with E-state index in [2.05, 4.69) is 0 Å². The fourth-order valence-electron chi connectivity index (χ4n) is 1.49. The van der Waals surface area contributed by atoms with Gasteiger partial charge in [-0.15, -0.1) is 0 Å². The molecular weight excluding hydrogens is 132 g/mol. The van der Waals surface area contributed by atoms with Crippen molar-refractivity contribution in [1.29, 1.82) is 0 Å². The Morgan fingerprint density at radius 2 is 2.30 bits per heavy atom. The largest absolute Gasteiger partial charge is 0.481 e. The molecule has 0 aromatic heterocycles. The predicted molar refractivity (Wildman–Crippen MR) is 33.7 cm³/mol. The van der Waals surface area contributed by atoms with Crippen molar-refractivity contribution in [3.63, 3.8) is 0 Å². The Kier molecular flexibility index (Phi) is 1.06. The van der Waals surface area contributed by atoms with Gasteiger partial charge in [-0.25, -0.2) is 0 Å². The molecule has 0 aromatic rings. The number of carboxylic acids is 1. The first-order valence-electron chi connectivity index (χ1n) is 3.59. The lowest BCUT2D eigenvalue weighted by molar-refractivity contribution is -0.141. The van der Waals surface area contributed by atoms with Crippen LogP contribution in [0.3, 0.4) is 0 Å². The molecular formula is C7H10O3. The molecule has 3 heteroatoms. The van der Waals surface area contributed by atoms with Gasteiger partial charge in [-0.2, -0.15) is 0 Å². The molecule has 1 saturated heterocycles. The number of rotatable bonds is 1. The highest BCUT2D eigenvalue weighted by Gasteiger charge is 2.51. The van der Waals surface area contributed by atoms with E-state index < -0.39 is 5.97 Å². The van der Waals surface area contributed by atoms with Crippen LogP contribution in [0.4, 0.5) is 0 Å². The minimum atomic E-state index is -0.705. The van der Waals surface area contributed by atoms with Crippen molar-refractivity contribution >= 4 is 5.97 Å². The van der Waals surface area contributed by atoms with Crippen LogP contribution in [0.25, 0.3) is 0 Å². The highest BCUT2D eigenvalue weighted by atomic mass is 16.5. The number of carboxylic acid groups (broad SMARTS) is 1. The summed E-state index contributed by atoms with van der Waals surface area (Å²) < 4.78 is 5.34. The molecule has 1 aliphatic carbocycles. The molecule has 1 aliphatic heterocycles. The van der Waals surface area contributed by atoms with Crippen LogP contribution >= 0.6 is 0 Å². The Hall–Kier alpha value is -0.570. The summed E-state index contributed by atoms with van der Waals surface area (Å²) in [5.74, 6) is -0.939. The molecule has 2 rings (SSSR count). The monoisotopic (exact) mass is 142 g/mol. The Balaban J connectivity index is 1.99. The zero-order valence-electron chi connectivity index (χ0n) is 5.67. The average molecular weight is 142 g/mol. The predicted octanol–water partition coefficient (Wildman–Crippen LogP) is 0.640. The molecule has 0 aromatic carbocycles. The molecule has 10 heavy (non-hydrogen) atoms. The zero-order chi connectivity index (χ0) is 7.19. The number of hydrogen-bond acceptors (Lipinski definition) is 2. The summed E-state index contributed by atoms with van der Waals surface area (Å²) in [6.45, 7) is 0.426. The first-order valence-corrected chi connectivity index (χ1v) is 3.59. The Morgan fingerprint density at radius 1 is 1.60 bits per heavy atom. The molecule has 1 saturated carbocycles. The molecule has 1 atom stereocenters. The van der Waals surface area contributed by atoms with E-state index in [1.54, 1.807) is 0 Å². The van der Waals surface area contributed by atoms with Crippen LogP contribution < -0.4 is 0 Å². The maximum absolute atomic E-state index is 10.4. The minimum Gasteiger partial charge on any atom is -0.481 e. The summed E-state index contributed by atoms with van der Waals surface area (Å²) in [5.41, 5.74) is 0.0169. The summed E-state index contributed by atoms with van der Waals surface area (Å²) in [7, 11) is 0. The van der Waals surface area contributed by atoms with Crippen LogP contribution in [0.15, 0.2) is 0 Å². The first kappa shape index (κ1) is 6.16. The lowest BCUT2D eigenvalue weighted by Gasteiger charge is -2.01. The second-order valence-corrected chi connectivity index (χ2v) is 3.23. The molecule has 0 radical (unpaired) electrons. The maximum Gasteiger partial charge on any atom is 0.308 e.